The van der Waals surface area contributed by atoms with E-state index in [1.807, 2.05) is 24.3 Å². The van der Waals surface area contributed by atoms with Crippen molar-refractivity contribution >= 4 is 22.9 Å². The van der Waals surface area contributed by atoms with Crippen LogP contribution in [0.4, 0.5) is 0 Å². The van der Waals surface area contributed by atoms with Crippen molar-refractivity contribution in [2.24, 2.45) is 5.84 Å². The summed E-state index contributed by atoms with van der Waals surface area (Å²) in [6, 6.07) is 12.3. The molecule has 18 heavy (non-hydrogen) atoms. The Morgan fingerprint density at radius 3 is 2.67 bits per heavy atom. The number of benzene rings is 1. The van der Waals surface area contributed by atoms with Gasteiger partial charge in [-0.15, -0.1) is 11.3 Å². The van der Waals surface area contributed by atoms with Crippen LogP contribution >= 0.6 is 22.9 Å². The third kappa shape index (κ3) is 3.12. The Morgan fingerprint density at radius 2 is 2.06 bits per heavy atom. The van der Waals surface area contributed by atoms with E-state index in [-0.39, 0.29) is 6.04 Å². The average Bonchev–Trinajstić information content (AvgIpc) is 2.86. The number of hydrazine groups is 1. The molecule has 2 aromatic rings. The number of hydrogen-bond acceptors (Lipinski definition) is 3. The molecule has 1 aromatic carbocycles. The lowest BCUT2D eigenvalue weighted by Crippen LogP contribution is -2.29. The predicted octanol–water partition coefficient (Wildman–Crippen LogP) is 3.71. The van der Waals surface area contributed by atoms with Crippen LogP contribution in [0.3, 0.4) is 0 Å². The molecule has 2 nitrogen and oxygen atoms in total. The molecule has 0 bridgehead atoms. The zero-order valence-electron chi connectivity index (χ0n) is 10.3. The molecule has 0 aliphatic rings. The Labute approximate surface area is 117 Å². The first-order valence-electron chi connectivity index (χ1n) is 6.02. The zero-order valence-corrected chi connectivity index (χ0v) is 11.9. The highest BCUT2D eigenvalue weighted by Crippen LogP contribution is 2.28. The van der Waals surface area contributed by atoms with Crippen molar-refractivity contribution < 1.29 is 0 Å². The number of hydrogen-bond donors (Lipinski definition) is 2. The summed E-state index contributed by atoms with van der Waals surface area (Å²) in [6.45, 7) is 2.16. The highest BCUT2D eigenvalue weighted by atomic mass is 35.5. The van der Waals surface area contributed by atoms with Gasteiger partial charge >= 0.3 is 0 Å². The summed E-state index contributed by atoms with van der Waals surface area (Å²) in [4.78, 5) is 2.64. The summed E-state index contributed by atoms with van der Waals surface area (Å²) in [7, 11) is 0. The maximum absolute atomic E-state index is 6.18. The lowest BCUT2D eigenvalue weighted by molar-refractivity contribution is 0.561. The van der Waals surface area contributed by atoms with Gasteiger partial charge in [0.15, 0.2) is 0 Å². The van der Waals surface area contributed by atoms with Crippen LogP contribution in [0.25, 0.3) is 0 Å². The average molecular weight is 281 g/mol. The van der Waals surface area contributed by atoms with E-state index in [9.17, 15) is 0 Å². The smallest absolute Gasteiger partial charge is 0.0594 e. The molecule has 4 heteroatoms. The predicted molar refractivity (Wildman–Crippen MR) is 78.9 cm³/mol. The molecule has 0 amide bonds. The van der Waals surface area contributed by atoms with Crippen LogP contribution in [0.2, 0.25) is 5.02 Å². The summed E-state index contributed by atoms with van der Waals surface area (Å²) in [6.07, 6.45) is 1.87. The third-order valence-electron chi connectivity index (χ3n) is 2.96. The fraction of sp³-hybridized carbons (Fsp3) is 0.286. The van der Waals surface area contributed by atoms with Crippen LogP contribution < -0.4 is 11.3 Å². The Hall–Kier alpha value is -0.870. The van der Waals surface area contributed by atoms with Crippen LogP contribution in [0.1, 0.15) is 28.3 Å². The maximum Gasteiger partial charge on any atom is 0.0594 e. The van der Waals surface area contributed by atoms with E-state index < -0.39 is 0 Å². The van der Waals surface area contributed by atoms with Gasteiger partial charge in [-0.05, 0) is 36.6 Å². The molecule has 0 radical (unpaired) electrons. The maximum atomic E-state index is 6.18. The van der Waals surface area contributed by atoms with Gasteiger partial charge in [0.1, 0.15) is 0 Å². The van der Waals surface area contributed by atoms with Gasteiger partial charge in [0, 0.05) is 14.8 Å². The van der Waals surface area contributed by atoms with Crippen molar-refractivity contribution in [3.63, 3.8) is 0 Å². The Morgan fingerprint density at radius 1 is 1.28 bits per heavy atom. The van der Waals surface area contributed by atoms with Crippen LogP contribution in [0.5, 0.6) is 0 Å². The van der Waals surface area contributed by atoms with E-state index in [4.69, 9.17) is 17.4 Å². The van der Waals surface area contributed by atoms with E-state index in [2.05, 4.69) is 24.5 Å². The van der Waals surface area contributed by atoms with Crippen molar-refractivity contribution in [1.82, 2.24) is 5.43 Å². The quantitative estimate of drug-likeness (QED) is 0.647. The minimum absolute atomic E-state index is 0.121. The molecule has 1 unspecified atom stereocenters. The molecule has 1 atom stereocenters. The molecule has 1 heterocycles. The number of rotatable bonds is 5. The minimum Gasteiger partial charge on any atom is -0.271 e. The van der Waals surface area contributed by atoms with Crippen molar-refractivity contribution in [3.8, 4) is 0 Å². The molecular formula is C14H17ClN2S. The second-order valence-corrected chi connectivity index (χ2v) is 5.78. The van der Waals surface area contributed by atoms with Crippen molar-refractivity contribution in [1.29, 1.82) is 0 Å². The van der Waals surface area contributed by atoms with Crippen molar-refractivity contribution in [2.45, 2.75) is 25.8 Å². The second kappa shape index (κ2) is 6.34. The number of nitrogens with two attached hydrogens (primary N) is 1. The van der Waals surface area contributed by atoms with Gasteiger partial charge in [-0.2, -0.15) is 0 Å². The van der Waals surface area contributed by atoms with E-state index >= 15 is 0 Å². The minimum atomic E-state index is 0.121. The summed E-state index contributed by atoms with van der Waals surface area (Å²) in [5, 5.41) is 0.796. The number of halogens is 1. The Kier molecular flexibility index (Phi) is 4.78. The van der Waals surface area contributed by atoms with Crippen LogP contribution in [-0.4, -0.2) is 0 Å². The van der Waals surface area contributed by atoms with Crippen LogP contribution in [0.15, 0.2) is 36.4 Å². The fourth-order valence-electron chi connectivity index (χ4n) is 1.90. The van der Waals surface area contributed by atoms with Crippen LogP contribution in [0, 0.1) is 0 Å². The van der Waals surface area contributed by atoms with Crippen molar-refractivity contribution in [3.05, 3.63) is 56.7 Å². The van der Waals surface area contributed by atoms with E-state index in [1.54, 1.807) is 11.3 Å². The third-order valence-corrected chi connectivity index (χ3v) is 4.67. The molecule has 0 aliphatic heterocycles. The molecule has 0 spiro atoms. The molecular weight excluding hydrogens is 264 g/mol. The number of thiophene rings is 1. The van der Waals surface area contributed by atoms with Gasteiger partial charge in [-0.1, -0.05) is 36.7 Å². The van der Waals surface area contributed by atoms with Gasteiger partial charge in [-0.25, -0.2) is 0 Å². The Bertz CT molecular complexity index is 510. The molecule has 96 valence electrons. The molecule has 1 aromatic heterocycles. The first kappa shape index (κ1) is 13.6. The SMILES string of the molecule is CCc1ccc(C(Cc2ccccc2Cl)NN)s1. The largest absolute Gasteiger partial charge is 0.271 e. The molecule has 0 aliphatic carbocycles. The summed E-state index contributed by atoms with van der Waals surface area (Å²) >= 11 is 7.99. The Balaban J connectivity index is 2.17. The van der Waals surface area contributed by atoms with E-state index in [0.29, 0.717) is 0 Å². The van der Waals surface area contributed by atoms with Crippen LogP contribution in [-0.2, 0) is 12.8 Å². The van der Waals surface area contributed by atoms with E-state index in [0.717, 1.165) is 23.4 Å². The molecule has 0 saturated carbocycles. The molecule has 2 rings (SSSR count). The lowest BCUT2D eigenvalue weighted by Gasteiger charge is -2.15. The molecule has 0 fully saturated rings. The first-order valence-corrected chi connectivity index (χ1v) is 7.22. The monoisotopic (exact) mass is 280 g/mol. The van der Waals surface area contributed by atoms with E-state index in [1.165, 1.54) is 9.75 Å². The summed E-state index contributed by atoms with van der Waals surface area (Å²) in [5.74, 6) is 5.67. The summed E-state index contributed by atoms with van der Waals surface area (Å²) in [5.41, 5.74) is 4.00. The van der Waals surface area contributed by atoms with Gasteiger partial charge < -0.3 is 0 Å². The number of aryl methyl sites for hydroxylation is 1. The van der Waals surface area contributed by atoms with Gasteiger partial charge in [0.25, 0.3) is 0 Å². The molecule has 3 N–H and O–H groups in total. The lowest BCUT2D eigenvalue weighted by atomic mass is 10.1. The van der Waals surface area contributed by atoms with Gasteiger partial charge in [0.05, 0.1) is 6.04 Å². The summed E-state index contributed by atoms with van der Waals surface area (Å²) < 4.78 is 0. The van der Waals surface area contributed by atoms with Crippen molar-refractivity contribution in [2.75, 3.05) is 0 Å². The number of nitrogens with one attached hydrogen (secondary N) is 1. The van der Waals surface area contributed by atoms with Gasteiger partial charge in [0.2, 0.25) is 0 Å². The second-order valence-electron chi connectivity index (χ2n) is 4.17. The highest BCUT2D eigenvalue weighted by Gasteiger charge is 2.14. The topological polar surface area (TPSA) is 38.0 Å². The normalized spacial score (nSPS) is 12.6. The fourth-order valence-corrected chi connectivity index (χ4v) is 3.12. The first-order chi connectivity index (χ1) is 8.74. The molecule has 0 saturated heterocycles. The highest BCUT2D eigenvalue weighted by molar-refractivity contribution is 7.12. The van der Waals surface area contributed by atoms with Gasteiger partial charge in [-0.3, -0.25) is 11.3 Å². The standard InChI is InChI=1S/C14H17ClN2S/c1-2-11-7-8-14(18-11)13(17-16)9-10-5-3-4-6-12(10)15/h3-8,13,17H,2,9,16H2,1H3. The zero-order chi connectivity index (χ0) is 13.0.